The predicted octanol–water partition coefficient (Wildman–Crippen LogP) is 2.58. The maximum atomic E-state index is 4.33. The number of fused-ring (bicyclic) bond motifs is 1. The Balaban J connectivity index is 1.39. The van der Waals surface area contributed by atoms with Crippen LogP contribution in [0.2, 0.25) is 0 Å². The van der Waals surface area contributed by atoms with Gasteiger partial charge in [0.1, 0.15) is 0 Å². The first-order chi connectivity index (χ1) is 11.7. The predicted molar refractivity (Wildman–Crippen MR) is 95.2 cm³/mol. The quantitative estimate of drug-likeness (QED) is 0.797. The second-order valence-corrected chi connectivity index (χ2v) is 6.36. The van der Waals surface area contributed by atoms with Crippen LogP contribution in [0.25, 0.3) is 10.8 Å². The Kier molecular flexibility index (Phi) is 3.72. The van der Waals surface area contributed by atoms with Crippen molar-refractivity contribution < 1.29 is 0 Å². The fourth-order valence-corrected chi connectivity index (χ4v) is 3.06. The van der Waals surface area contributed by atoms with Gasteiger partial charge in [-0.1, -0.05) is 24.3 Å². The molecule has 1 aliphatic heterocycles. The third-order valence-electron chi connectivity index (χ3n) is 4.50. The third kappa shape index (κ3) is 2.75. The zero-order chi connectivity index (χ0) is 16.5. The van der Waals surface area contributed by atoms with E-state index in [4.69, 9.17) is 0 Å². The molecule has 4 rings (SSSR count). The van der Waals surface area contributed by atoms with Crippen LogP contribution in [0.3, 0.4) is 0 Å². The number of aromatic nitrogens is 4. The van der Waals surface area contributed by atoms with E-state index in [0.717, 1.165) is 53.4 Å². The van der Waals surface area contributed by atoms with Crippen LogP contribution in [0.15, 0.2) is 36.4 Å². The first kappa shape index (κ1) is 14.8. The molecule has 1 saturated heterocycles. The van der Waals surface area contributed by atoms with Crippen LogP contribution < -0.4 is 10.2 Å². The fraction of sp³-hybridized carbons (Fsp3) is 0.333. The van der Waals surface area contributed by atoms with Gasteiger partial charge in [-0.15, -0.1) is 10.2 Å². The van der Waals surface area contributed by atoms with Crippen LogP contribution in [0.1, 0.15) is 11.4 Å². The molecule has 0 atom stereocenters. The van der Waals surface area contributed by atoms with E-state index in [0.29, 0.717) is 5.92 Å². The van der Waals surface area contributed by atoms with E-state index in [1.807, 2.05) is 38.1 Å². The Morgan fingerprint density at radius 2 is 1.75 bits per heavy atom. The standard InChI is InChI=1S/C18H20N6/c1-12-7-8-17(22-20-12)24-10-14(11-24)9-19-18-16-6-4-3-5-15(16)13(2)21-23-18/h3-8,14H,9-11H2,1-2H3,(H,19,23). The highest BCUT2D eigenvalue weighted by molar-refractivity contribution is 5.92. The molecular weight excluding hydrogens is 300 g/mol. The average Bonchev–Trinajstić information content (AvgIpc) is 2.57. The summed E-state index contributed by atoms with van der Waals surface area (Å²) in [6, 6.07) is 12.3. The highest BCUT2D eigenvalue weighted by Gasteiger charge is 2.27. The minimum Gasteiger partial charge on any atom is -0.368 e. The van der Waals surface area contributed by atoms with E-state index < -0.39 is 0 Å². The summed E-state index contributed by atoms with van der Waals surface area (Å²) in [6.07, 6.45) is 0. The van der Waals surface area contributed by atoms with E-state index in [1.165, 1.54) is 0 Å². The molecule has 0 radical (unpaired) electrons. The number of rotatable bonds is 4. The van der Waals surface area contributed by atoms with Crippen molar-refractivity contribution in [1.82, 2.24) is 20.4 Å². The number of hydrogen-bond donors (Lipinski definition) is 1. The van der Waals surface area contributed by atoms with Crippen LogP contribution in [0, 0.1) is 19.8 Å². The van der Waals surface area contributed by atoms with Crippen molar-refractivity contribution in [3.8, 4) is 0 Å². The molecule has 0 spiro atoms. The lowest BCUT2D eigenvalue weighted by atomic mass is 10.00. The second-order valence-electron chi connectivity index (χ2n) is 6.36. The van der Waals surface area contributed by atoms with E-state index in [9.17, 15) is 0 Å². The van der Waals surface area contributed by atoms with E-state index in [-0.39, 0.29) is 0 Å². The zero-order valence-electron chi connectivity index (χ0n) is 13.9. The lowest BCUT2D eigenvalue weighted by Crippen LogP contribution is -2.50. The Morgan fingerprint density at radius 3 is 2.50 bits per heavy atom. The largest absolute Gasteiger partial charge is 0.368 e. The van der Waals surface area contributed by atoms with Gasteiger partial charge in [0.05, 0.1) is 11.4 Å². The molecule has 1 aromatic carbocycles. The van der Waals surface area contributed by atoms with Crippen molar-refractivity contribution in [2.75, 3.05) is 29.9 Å². The summed E-state index contributed by atoms with van der Waals surface area (Å²) in [4.78, 5) is 2.25. The van der Waals surface area contributed by atoms with Crippen molar-refractivity contribution in [2.24, 2.45) is 5.92 Å². The third-order valence-corrected chi connectivity index (χ3v) is 4.50. The van der Waals surface area contributed by atoms with Gasteiger partial charge >= 0.3 is 0 Å². The van der Waals surface area contributed by atoms with Gasteiger partial charge in [-0.2, -0.15) is 10.2 Å². The van der Waals surface area contributed by atoms with Crippen LogP contribution in [0.4, 0.5) is 11.6 Å². The summed E-state index contributed by atoms with van der Waals surface area (Å²) in [7, 11) is 0. The molecule has 6 nitrogen and oxygen atoms in total. The zero-order valence-corrected chi connectivity index (χ0v) is 13.9. The van der Waals surface area contributed by atoms with Gasteiger partial charge in [-0.3, -0.25) is 0 Å². The number of anilines is 2. The van der Waals surface area contributed by atoms with Gasteiger partial charge in [-0.25, -0.2) is 0 Å². The van der Waals surface area contributed by atoms with Gasteiger partial charge in [0.25, 0.3) is 0 Å². The van der Waals surface area contributed by atoms with Crippen LogP contribution >= 0.6 is 0 Å². The molecule has 1 N–H and O–H groups in total. The molecule has 3 aromatic rings. The molecule has 24 heavy (non-hydrogen) atoms. The number of aryl methyl sites for hydroxylation is 2. The molecule has 0 aliphatic carbocycles. The summed E-state index contributed by atoms with van der Waals surface area (Å²) < 4.78 is 0. The SMILES string of the molecule is Cc1ccc(N2CC(CNc3nnc(C)c4ccccc34)C2)nn1. The average molecular weight is 320 g/mol. The van der Waals surface area contributed by atoms with Gasteiger partial charge in [0.2, 0.25) is 0 Å². The van der Waals surface area contributed by atoms with Crippen LogP contribution in [-0.4, -0.2) is 40.0 Å². The number of nitrogens with zero attached hydrogens (tertiary/aromatic N) is 5. The van der Waals surface area contributed by atoms with E-state index in [1.54, 1.807) is 0 Å². The van der Waals surface area contributed by atoms with Crippen molar-refractivity contribution in [3.05, 3.63) is 47.8 Å². The first-order valence-electron chi connectivity index (χ1n) is 8.22. The van der Waals surface area contributed by atoms with E-state index >= 15 is 0 Å². The van der Waals surface area contributed by atoms with Gasteiger partial charge < -0.3 is 10.2 Å². The summed E-state index contributed by atoms with van der Waals surface area (Å²) in [5, 5.41) is 22.7. The minimum atomic E-state index is 0.579. The lowest BCUT2D eigenvalue weighted by Gasteiger charge is -2.40. The van der Waals surface area contributed by atoms with Crippen LogP contribution in [0.5, 0.6) is 0 Å². The Bertz CT molecular complexity index is 855. The smallest absolute Gasteiger partial charge is 0.156 e. The highest BCUT2D eigenvalue weighted by Crippen LogP contribution is 2.25. The molecule has 3 heterocycles. The molecule has 6 heteroatoms. The summed E-state index contributed by atoms with van der Waals surface area (Å²) >= 11 is 0. The Hall–Kier alpha value is -2.76. The van der Waals surface area contributed by atoms with Gasteiger partial charge in [0, 0.05) is 36.3 Å². The maximum Gasteiger partial charge on any atom is 0.156 e. The molecule has 0 saturated carbocycles. The number of hydrogen-bond acceptors (Lipinski definition) is 6. The molecule has 1 aliphatic rings. The molecule has 0 unspecified atom stereocenters. The first-order valence-corrected chi connectivity index (χ1v) is 8.22. The molecule has 122 valence electrons. The van der Waals surface area contributed by atoms with Crippen molar-refractivity contribution in [2.45, 2.75) is 13.8 Å². The van der Waals surface area contributed by atoms with Crippen LogP contribution in [-0.2, 0) is 0 Å². The molecular formula is C18H20N6. The second kappa shape index (κ2) is 6.03. The van der Waals surface area contributed by atoms with Gasteiger partial charge in [0.15, 0.2) is 11.6 Å². The molecule has 1 fully saturated rings. The van der Waals surface area contributed by atoms with Crippen molar-refractivity contribution in [1.29, 1.82) is 0 Å². The molecule has 0 amide bonds. The Morgan fingerprint density at radius 1 is 0.958 bits per heavy atom. The topological polar surface area (TPSA) is 66.8 Å². The number of benzene rings is 1. The van der Waals surface area contributed by atoms with Gasteiger partial charge in [-0.05, 0) is 26.0 Å². The maximum absolute atomic E-state index is 4.33. The summed E-state index contributed by atoms with van der Waals surface area (Å²) in [5.74, 6) is 2.40. The van der Waals surface area contributed by atoms with E-state index in [2.05, 4.69) is 42.7 Å². The van der Waals surface area contributed by atoms with Crippen molar-refractivity contribution >= 4 is 22.4 Å². The molecule has 2 aromatic heterocycles. The molecule has 0 bridgehead atoms. The Labute approximate surface area is 140 Å². The lowest BCUT2D eigenvalue weighted by molar-refractivity contribution is 0.425. The minimum absolute atomic E-state index is 0.579. The summed E-state index contributed by atoms with van der Waals surface area (Å²) in [5.41, 5.74) is 1.91. The number of nitrogens with one attached hydrogen (secondary N) is 1. The summed E-state index contributed by atoms with van der Waals surface area (Å²) in [6.45, 7) is 6.81. The highest BCUT2D eigenvalue weighted by atomic mass is 15.3. The van der Waals surface area contributed by atoms with Crippen molar-refractivity contribution in [3.63, 3.8) is 0 Å². The normalized spacial score (nSPS) is 14.7. The monoisotopic (exact) mass is 320 g/mol. The fourth-order valence-electron chi connectivity index (χ4n) is 3.06.